The summed E-state index contributed by atoms with van der Waals surface area (Å²) in [6.45, 7) is 8.60. The van der Waals surface area contributed by atoms with Crippen LogP contribution in [0, 0.1) is 0 Å². The van der Waals surface area contributed by atoms with Crippen LogP contribution < -0.4 is 15.5 Å². The third-order valence-electron chi connectivity index (χ3n) is 4.34. The van der Waals surface area contributed by atoms with Gasteiger partial charge in [-0.3, -0.25) is 0 Å². The smallest absolute Gasteiger partial charge is 0.319 e. The molecule has 0 unspecified atom stereocenters. The lowest BCUT2D eigenvalue weighted by atomic mass is 10.2. The minimum atomic E-state index is -3.57. The van der Waals surface area contributed by atoms with Crippen molar-refractivity contribution in [3.63, 3.8) is 0 Å². The molecule has 2 rings (SSSR count). The maximum absolute atomic E-state index is 12.8. The first kappa shape index (κ1) is 19.5. The summed E-state index contributed by atoms with van der Waals surface area (Å²) in [4.78, 5) is 14.4. The van der Waals surface area contributed by atoms with Crippen molar-refractivity contribution in [2.24, 2.45) is 0 Å². The lowest BCUT2D eigenvalue weighted by Gasteiger charge is -2.24. The second-order valence-electron chi connectivity index (χ2n) is 5.95. The molecule has 25 heavy (non-hydrogen) atoms. The van der Waals surface area contributed by atoms with E-state index in [1.54, 1.807) is 18.2 Å². The molecular formula is C17H28N4O3S. The van der Waals surface area contributed by atoms with E-state index in [1.807, 2.05) is 20.8 Å². The van der Waals surface area contributed by atoms with Crippen LogP contribution in [0.25, 0.3) is 0 Å². The van der Waals surface area contributed by atoms with Gasteiger partial charge in [0.2, 0.25) is 10.0 Å². The fourth-order valence-electron chi connectivity index (χ4n) is 3.05. The number of rotatable bonds is 7. The Morgan fingerprint density at radius 1 is 1.16 bits per heavy atom. The molecule has 140 valence electrons. The van der Waals surface area contributed by atoms with Crippen LogP contribution in [-0.2, 0) is 10.0 Å². The Labute approximate surface area is 150 Å². The highest BCUT2D eigenvalue weighted by Gasteiger charge is 2.24. The molecular weight excluding hydrogens is 340 g/mol. The normalized spacial score (nSPS) is 14.8. The van der Waals surface area contributed by atoms with E-state index < -0.39 is 10.0 Å². The van der Waals surface area contributed by atoms with E-state index in [0.29, 0.717) is 25.3 Å². The summed E-state index contributed by atoms with van der Waals surface area (Å²) in [6.07, 6.45) is 2.19. The molecule has 1 aromatic rings. The van der Waals surface area contributed by atoms with E-state index in [-0.39, 0.29) is 10.9 Å². The number of anilines is 2. The van der Waals surface area contributed by atoms with E-state index in [4.69, 9.17) is 0 Å². The number of carbonyl (C=O) groups excluding carboxylic acids is 1. The van der Waals surface area contributed by atoms with E-state index in [0.717, 1.165) is 31.6 Å². The Morgan fingerprint density at radius 2 is 1.80 bits per heavy atom. The molecule has 0 aromatic heterocycles. The molecule has 8 heteroatoms. The van der Waals surface area contributed by atoms with Gasteiger partial charge in [-0.25, -0.2) is 13.2 Å². The van der Waals surface area contributed by atoms with Crippen LogP contribution >= 0.6 is 0 Å². The van der Waals surface area contributed by atoms with Crippen molar-refractivity contribution in [3.05, 3.63) is 18.2 Å². The lowest BCUT2D eigenvalue weighted by molar-refractivity contribution is 0.252. The molecule has 1 aliphatic rings. The highest BCUT2D eigenvalue weighted by Crippen LogP contribution is 2.32. The van der Waals surface area contributed by atoms with Gasteiger partial charge < -0.3 is 15.5 Å². The molecule has 1 heterocycles. The van der Waals surface area contributed by atoms with Crippen LogP contribution in [0.3, 0.4) is 0 Å². The summed E-state index contributed by atoms with van der Waals surface area (Å²) < 4.78 is 27.0. The molecule has 1 aromatic carbocycles. The monoisotopic (exact) mass is 368 g/mol. The standard InChI is InChI=1S/C17H28N4O3S/c1-4-18-17(22)19-15-13-14(25(23,24)21(5-2)6-3)9-10-16(15)20-11-7-8-12-20/h9-10,13H,4-8,11-12H2,1-3H3,(H2,18,19,22). The number of carbonyl (C=O) groups is 1. The van der Waals surface area contributed by atoms with Crippen molar-refractivity contribution < 1.29 is 13.2 Å². The molecule has 1 saturated heterocycles. The third-order valence-corrected chi connectivity index (χ3v) is 6.39. The van der Waals surface area contributed by atoms with E-state index in [2.05, 4.69) is 15.5 Å². The molecule has 0 saturated carbocycles. The summed E-state index contributed by atoms with van der Waals surface area (Å²) in [5.41, 5.74) is 1.39. The largest absolute Gasteiger partial charge is 0.370 e. The zero-order valence-electron chi connectivity index (χ0n) is 15.2. The number of benzene rings is 1. The van der Waals surface area contributed by atoms with Gasteiger partial charge in [0, 0.05) is 32.7 Å². The van der Waals surface area contributed by atoms with Crippen LogP contribution in [-0.4, -0.2) is 51.5 Å². The predicted molar refractivity (Wildman–Crippen MR) is 101 cm³/mol. The van der Waals surface area contributed by atoms with Gasteiger partial charge in [-0.05, 0) is 38.0 Å². The molecule has 2 N–H and O–H groups in total. The molecule has 0 bridgehead atoms. The maximum atomic E-state index is 12.8. The summed E-state index contributed by atoms with van der Waals surface area (Å²) in [5, 5.41) is 5.49. The zero-order chi connectivity index (χ0) is 18.4. The fraction of sp³-hybridized carbons (Fsp3) is 0.588. The lowest BCUT2D eigenvalue weighted by Crippen LogP contribution is -2.32. The van der Waals surface area contributed by atoms with Crippen LogP contribution in [0.1, 0.15) is 33.6 Å². The first-order valence-corrected chi connectivity index (χ1v) is 10.3. The zero-order valence-corrected chi connectivity index (χ0v) is 16.0. The third kappa shape index (κ3) is 4.43. The van der Waals surface area contributed by atoms with E-state index in [1.165, 1.54) is 4.31 Å². The van der Waals surface area contributed by atoms with Crippen molar-refractivity contribution >= 4 is 27.4 Å². The summed E-state index contributed by atoms with van der Waals surface area (Å²) >= 11 is 0. The van der Waals surface area contributed by atoms with Crippen LogP contribution in [0.4, 0.5) is 16.2 Å². The molecule has 0 atom stereocenters. The van der Waals surface area contributed by atoms with Gasteiger partial charge >= 0.3 is 6.03 Å². The molecule has 0 spiro atoms. The topological polar surface area (TPSA) is 81.8 Å². The molecule has 1 fully saturated rings. The number of hydrogen-bond donors (Lipinski definition) is 2. The highest BCUT2D eigenvalue weighted by atomic mass is 32.2. The predicted octanol–water partition coefficient (Wildman–Crippen LogP) is 2.46. The van der Waals surface area contributed by atoms with E-state index in [9.17, 15) is 13.2 Å². The first-order chi connectivity index (χ1) is 11.9. The van der Waals surface area contributed by atoms with Crippen LogP contribution in [0.2, 0.25) is 0 Å². The number of nitrogens with one attached hydrogen (secondary N) is 2. The Hall–Kier alpha value is -1.80. The van der Waals surface area contributed by atoms with Gasteiger partial charge in [0.15, 0.2) is 0 Å². The molecule has 7 nitrogen and oxygen atoms in total. The summed E-state index contributed by atoms with van der Waals surface area (Å²) in [7, 11) is -3.57. The number of nitrogens with zero attached hydrogens (tertiary/aromatic N) is 2. The Morgan fingerprint density at radius 3 is 2.36 bits per heavy atom. The maximum Gasteiger partial charge on any atom is 0.319 e. The second kappa shape index (κ2) is 8.53. The van der Waals surface area contributed by atoms with Crippen molar-refractivity contribution in [2.45, 2.75) is 38.5 Å². The Balaban J connectivity index is 2.42. The average molecular weight is 369 g/mol. The van der Waals surface area contributed by atoms with Crippen molar-refractivity contribution in [2.75, 3.05) is 42.9 Å². The van der Waals surface area contributed by atoms with E-state index >= 15 is 0 Å². The Kier molecular flexibility index (Phi) is 6.66. The van der Waals surface area contributed by atoms with Crippen LogP contribution in [0.15, 0.2) is 23.1 Å². The Bertz CT molecular complexity index is 696. The minimum Gasteiger partial charge on any atom is -0.370 e. The minimum absolute atomic E-state index is 0.200. The molecule has 2 amide bonds. The first-order valence-electron chi connectivity index (χ1n) is 8.88. The summed E-state index contributed by atoms with van der Waals surface area (Å²) in [6, 6.07) is 4.66. The van der Waals surface area contributed by atoms with Gasteiger partial charge in [-0.2, -0.15) is 4.31 Å². The van der Waals surface area contributed by atoms with Crippen molar-refractivity contribution in [3.8, 4) is 0 Å². The van der Waals surface area contributed by atoms with Gasteiger partial charge in [0.1, 0.15) is 0 Å². The number of amides is 2. The van der Waals surface area contributed by atoms with Gasteiger partial charge in [-0.15, -0.1) is 0 Å². The van der Waals surface area contributed by atoms with Gasteiger partial charge in [0.05, 0.1) is 16.3 Å². The second-order valence-corrected chi connectivity index (χ2v) is 7.88. The highest BCUT2D eigenvalue weighted by molar-refractivity contribution is 7.89. The summed E-state index contributed by atoms with van der Waals surface area (Å²) in [5.74, 6) is 0. The quantitative estimate of drug-likeness (QED) is 0.775. The van der Waals surface area contributed by atoms with Crippen LogP contribution in [0.5, 0.6) is 0 Å². The number of hydrogen-bond acceptors (Lipinski definition) is 4. The fourth-order valence-corrected chi connectivity index (χ4v) is 4.53. The number of sulfonamides is 1. The SMILES string of the molecule is CCNC(=O)Nc1cc(S(=O)(=O)N(CC)CC)ccc1N1CCCC1. The van der Waals surface area contributed by atoms with Gasteiger partial charge in [0.25, 0.3) is 0 Å². The van der Waals surface area contributed by atoms with Gasteiger partial charge in [-0.1, -0.05) is 13.8 Å². The molecule has 1 aliphatic heterocycles. The molecule has 0 aliphatic carbocycles. The average Bonchev–Trinajstić information content (AvgIpc) is 3.10. The van der Waals surface area contributed by atoms with Crippen molar-refractivity contribution in [1.29, 1.82) is 0 Å². The number of urea groups is 1. The van der Waals surface area contributed by atoms with Crippen molar-refractivity contribution in [1.82, 2.24) is 9.62 Å². The molecule has 0 radical (unpaired) electrons.